The molecule has 3 aromatic carbocycles. The summed E-state index contributed by atoms with van der Waals surface area (Å²) in [5, 5.41) is 14.0. The molecular formula is C28H26N4O4. The van der Waals surface area contributed by atoms with Crippen LogP contribution in [0.15, 0.2) is 60.7 Å². The van der Waals surface area contributed by atoms with E-state index in [1.54, 1.807) is 11.0 Å². The molecule has 182 valence electrons. The van der Waals surface area contributed by atoms with E-state index in [0.29, 0.717) is 54.2 Å². The molecule has 8 nitrogen and oxygen atoms in total. The molecule has 2 amide bonds. The van der Waals surface area contributed by atoms with Gasteiger partial charge in [0.1, 0.15) is 5.69 Å². The highest BCUT2D eigenvalue weighted by Crippen LogP contribution is 2.36. The Morgan fingerprint density at radius 1 is 1.06 bits per heavy atom. The average molecular weight is 483 g/mol. The van der Waals surface area contributed by atoms with Gasteiger partial charge in [-0.3, -0.25) is 9.59 Å². The molecule has 36 heavy (non-hydrogen) atoms. The fourth-order valence-corrected chi connectivity index (χ4v) is 4.47. The van der Waals surface area contributed by atoms with Crippen LogP contribution in [0, 0.1) is 0 Å². The Bertz CT molecular complexity index is 1470. The van der Waals surface area contributed by atoms with Gasteiger partial charge >= 0.3 is 0 Å². The predicted octanol–water partition coefficient (Wildman–Crippen LogP) is 3.85. The van der Waals surface area contributed by atoms with Crippen LogP contribution in [0.2, 0.25) is 0 Å². The number of para-hydroxylation sites is 1. The van der Waals surface area contributed by atoms with Gasteiger partial charge in [0.2, 0.25) is 5.91 Å². The zero-order valence-corrected chi connectivity index (χ0v) is 20.1. The molecule has 2 heterocycles. The number of methoxy groups -OCH3 is 1. The zero-order chi connectivity index (χ0) is 25.2. The lowest BCUT2D eigenvalue weighted by Gasteiger charge is -2.29. The van der Waals surface area contributed by atoms with Crippen molar-refractivity contribution in [3.8, 4) is 22.9 Å². The highest BCUT2D eigenvalue weighted by molar-refractivity contribution is 6.05. The number of phenols is 1. The number of nitrogens with one attached hydrogen (secondary N) is 1. The fourth-order valence-electron chi connectivity index (χ4n) is 4.47. The maximum atomic E-state index is 13.7. The third kappa shape index (κ3) is 4.45. The Kier molecular flexibility index (Phi) is 6.25. The van der Waals surface area contributed by atoms with Crippen LogP contribution in [0.5, 0.6) is 11.5 Å². The van der Waals surface area contributed by atoms with Gasteiger partial charge in [-0.1, -0.05) is 48.5 Å². The third-order valence-electron chi connectivity index (χ3n) is 6.40. The van der Waals surface area contributed by atoms with Crippen molar-refractivity contribution in [1.29, 1.82) is 0 Å². The molecular weight excluding hydrogens is 456 g/mol. The quantitative estimate of drug-likeness (QED) is 0.448. The Morgan fingerprint density at radius 3 is 2.58 bits per heavy atom. The van der Waals surface area contributed by atoms with E-state index < -0.39 is 0 Å². The van der Waals surface area contributed by atoms with Gasteiger partial charge in [0.25, 0.3) is 5.91 Å². The van der Waals surface area contributed by atoms with E-state index in [0.717, 1.165) is 22.3 Å². The first kappa shape index (κ1) is 23.3. The number of phenolic OH excluding ortho intramolecular Hbond substituents is 1. The maximum absolute atomic E-state index is 13.7. The van der Waals surface area contributed by atoms with Crippen molar-refractivity contribution in [2.45, 2.75) is 26.4 Å². The molecule has 0 saturated carbocycles. The molecule has 0 saturated heterocycles. The van der Waals surface area contributed by atoms with Gasteiger partial charge in [0.05, 0.1) is 12.6 Å². The topological polar surface area (TPSA) is 105 Å². The third-order valence-corrected chi connectivity index (χ3v) is 6.40. The molecule has 0 unspecified atom stereocenters. The van der Waals surface area contributed by atoms with Crippen molar-refractivity contribution in [3.05, 3.63) is 83.0 Å². The summed E-state index contributed by atoms with van der Waals surface area (Å²) in [4.78, 5) is 36.1. The molecule has 0 atom stereocenters. The Hall–Kier alpha value is -4.46. The number of hydrogen-bond acceptors (Lipinski definition) is 6. The number of aromatic nitrogens is 2. The van der Waals surface area contributed by atoms with Gasteiger partial charge in [-0.2, -0.15) is 0 Å². The number of fused-ring (bicyclic) bond motifs is 2. The lowest BCUT2D eigenvalue weighted by Crippen LogP contribution is -2.36. The smallest absolute Gasteiger partial charge is 0.273 e. The Labute approximate surface area is 208 Å². The Morgan fingerprint density at radius 2 is 1.83 bits per heavy atom. The van der Waals surface area contributed by atoms with Gasteiger partial charge in [-0.25, -0.2) is 9.97 Å². The first-order valence-electron chi connectivity index (χ1n) is 11.7. The summed E-state index contributed by atoms with van der Waals surface area (Å²) in [5.74, 6) is 0.762. The van der Waals surface area contributed by atoms with E-state index >= 15 is 0 Å². The van der Waals surface area contributed by atoms with Crippen LogP contribution in [0.25, 0.3) is 22.3 Å². The number of hydrogen-bond donors (Lipinski definition) is 2. The summed E-state index contributed by atoms with van der Waals surface area (Å²) >= 11 is 0. The average Bonchev–Trinajstić information content (AvgIpc) is 2.91. The molecule has 1 aliphatic heterocycles. The van der Waals surface area contributed by atoms with Crippen molar-refractivity contribution in [2.75, 3.05) is 13.7 Å². The molecule has 4 aromatic rings. The van der Waals surface area contributed by atoms with Crippen molar-refractivity contribution in [3.63, 3.8) is 0 Å². The van der Waals surface area contributed by atoms with Crippen molar-refractivity contribution in [1.82, 2.24) is 20.2 Å². The summed E-state index contributed by atoms with van der Waals surface area (Å²) in [6.45, 7) is 2.75. The molecule has 0 fully saturated rings. The molecule has 1 aromatic heterocycles. The summed E-state index contributed by atoms with van der Waals surface area (Å²) < 4.78 is 5.22. The minimum Gasteiger partial charge on any atom is -0.504 e. The Balaban J connectivity index is 1.48. The van der Waals surface area contributed by atoms with Crippen LogP contribution in [-0.4, -0.2) is 45.4 Å². The van der Waals surface area contributed by atoms with Crippen molar-refractivity contribution in [2.24, 2.45) is 0 Å². The lowest BCUT2D eigenvalue weighted by molar-refractivity contribution is -0.119. The van der Waals surface area contributed by atoms with Crippen molar-refractivity contribution >= 4 is 22.7 Å². The number of ether oxygens (including phenoxy) is 1. The monoisotopic (exact) mass is 482 g/mol. The number of carbonyl (C=O) groups excluding carboxylic acids is 2. The first-order chi connectivity index (χ1) is 17.4. The number of nitrogens with zero attached hydrogens (tertiary/aromatic N) is 3. The zero-order valence-electron chi connectivity index (χ0n) is 20.1. The minimum absolute atomic E-state index is 0.0882. The largest absolute Gasteiger partial charge is 0.504 e. The van der Waals surface area contributed by atoms with Gasteiger partial charge in [0, 0.05) is 43.1 Å². The molecule has 1 aliphatic rings. The van der Waals surface area contributed by atoms with Crippen LogP contribution in [0.4, 0.5) is 0 Å². The van der Waals surface area contributed by atoms with Crippen LogP contribution in [-0.2, 0) is 24.3 Å². The summed E-state index contributed by atoms with van der Waals surface area (Å²) in [6.07, 6.45) is 0.524. The second kappa shape index (κ2) is 9.65. The van der Waals surface area contributed by atoms with Crippen LogP contribution in [0.1, 0.15) is 34.1 Å². The normalized spacial score (nSPS) is 12.8. The molecule has 5 rings (SSSR count). The van der Waals surface area contributed by atoms with Gasteiger partial charge in [-0.05, 0) is 29.7 Å². The predicted molar refractivity (Wildman–Crippen MR) is 136 cm³/mol. The van der Waals surface area contributed by atoms with E-state index in [4.69, 9.17) is 14.7 Å². The number of rotatable bonds is 5. The summed E-state index contributed by atoms with van der Waals surface area (Å²) in [5.41, 5.74) is 4.47. The van der Waals surface area contributed by atoms with E-state index in [1.807, 2.05) is 54.6 Å². The van der Waals surface area contributed by atoms with Gasteiger partial charge in [0.15, 0.2) is 17.3 Å². The fraction of sp³-hybridized carbons (Fsp3) is 0.214. The molecule has 8 heteroatoms. The molecule has 0 radical (unpaired) electrons. The SMILES string of the molecule is COc1ccc2c(c1O)CCN(C(=O)c1nc(-c3ccc(CNC(C)=O)cc3)nc3ccccc13)C2. The summed E-state index contributed by atoms with van der Waals surface area (Å²) in [6, 6.07) is 18.7. The molecule has 0 spiro atoms. The molecule has 0 bridgehead atoms. The number of benzene rings is 3. The van der Waals surface area contributed by atoms with Crippen LogP contribution < -0.4 is 10.1 Å². The highest BCUT2D eigenvalue weighted by atomic mass is 16.5. The first-order valence-corrected chi connectivity index (χ1v) is 11.7. The number of carbonyl (C=O) groups is 2. The minimum atomic E-state index is -0.182. The standard InChI is InChI=1S/C28H26N4O4/c1-17(33)29-15-18-7-9-19(10-8-18)27-30-23-6-4-3-5-22(23)25(31-27)28(35)32-14-13-21-20(16-32)11-12-24(36-2)26(21)34/h3-12,34H,13-16H2,1-2H3,(H,29,33). The molecule has 2 N–H and O–H groups in total. The van der Waals surface area contributed by atoms with Crippen molar-refractivity contribution < 1.29 is 19.4 Å². The van der Waals surface area contributed by atoms with E-state index in [9.17, 15) is 14.7 Å². The van der Waals surface area contributed by atoms with Crippen LogP contribution in [0.3, 0.4) is 0 Å². The summed E-state index contributed by atoms with van der Waals surface area (Å²) in [7, 11) is 1.52. The van der Waals surface area contributed by atoms with E-state index in [2.05, 4.69) is 5.32 Å². The highest BCUT2D eigenvalue weighted by Gasteiger charge is 2.27. The maximum Gasteiger partial charge on any atom is 0.273 e. The van der Waals surface area contributed by atoms with E-state index in [-0.39, 0.29) is 17.6 Å². The second-order valence-corrected chi connectivity index (χ2v) is 8.75. The molecule has 0 aliphatic carbocycles. The van der Waals surface area contributed by atoms with Gasteiger partial charge < -0.3 is 20.1 Å². The second-order valence-electron chi connectivity index (χ2n) is 8.75. The van der Waals surface area contributed by atoms with Crippen LogP contribution >= 0.6 is 0 Å². The lowest BCUT2D eigenvalue weighted by atomic mass is 9.97. The van der Waals surface area contributed by atoms with E-state index in [1.165, 1.54) is 14.0 Å². The van der Waals surface area contributed by atoms with Gasteiger partial charge in [-0.15, -0.1) is 0 Å². The number of aromatic hydroxyl groups is 1. The number of amides is 2.